The molecule has 6 heteroatoms. The van der Waals surface area contributed by atoms with Gasteiger partial charge in [0, 0.05) is 13.0 Å². The summed E-state index contributed by atoms with van der Waals surface area (Å²) in [6.45, 7) is 1.14. The Morgan fingerprint density at radius 1 is 1.30 bits per heavy atom. The predicted octanol–water partition coefficient (Wildman–Crippen LogP) is 1.51. The first-order valence-corrected chi connectivity index (χ1v) is 8.24. The number of carboxylic acids is 1. The minimum atomic E-state index is -3.29. The maximum Gasteiger partial charge on any atom is 0.303 e. The van der Waals surface area contributed by atoms with Gasteiger partial charge in [0.05, 0.1) is 17.3 Å². The molecule has 5 nitrogen and oxygen atoms in total. The van der Waals surface area contributed by atoms with Crippen LogP contribution in [0.25, 0.3) is 0 Å². The van der Waals surface area contributed by atoms with Crippen LogP contribution >= 0.6 is 0 Å². The van der Waals surface area contributed by atoms with Gasteiger partial charge in [-0.2, -0.15) is 0 Å². The molecule has 1 atom stereocenters. The lowest BCUT2D eigenvalue weighted by Crippen LogP contribution is -2.16. The van der Waals surface area contributed by atoms with Crippen LogP contribution in [-0.2, 0) is 25.8 Å². The van der Waals surface area contributed by atoms with Crippen LogP contribution in [0.2, 0.25) is 0 Å². The summed E-state index contributed by atoms with van der Waals surface area (Å²) in [5.41, 5.74) is 0.829. The topological polar surface area (TPSA) is 80.7 Å². The number of ether oxygens (including phenoxy) is 1. The average Bonchev–Trinajstić information content (AvgIpc) is 2.89. The lowest BCUT2D eigenvalue weighted by molar-refractivity contribution is -0.136. The molecular weight excluding hydrogens is 280 g/mol. The number of carboxylic acid groups (broad SMARTS) is 1. The van der Waals surface area contributed by atoms with Crippen LogP contribution in [0.3, 0.4) is 0 Å². The van der Waals surface area contributed by atoms with Crippen molar-refractivity contribution < 1.29 is 23.1 Å². The van der Waals surface area contributed by atoms with Crippen molar-refractivity contribution in [1.29, 1.82) is 0 Å². The van der Waals surface area contributed by atoms with Crippen molar-refractivity contribution >= 4 is 15.8 Å². The van der Waals surface area contributed by atoms with E-state index in [2.05, 4.69) is 0 Å². The third-order valence-corrected chi connectivity index (χ3v) is 5.29. The number of hydrogen-bond donors (Lipinski definition) is 1. The number of aliphatic carboxylic acids is 1. The Kier molecular flexibility index (Phi) is 4.77. The summed E-state index contributed by atoms with van der Waals surface area (Å²) in [7, 11) is -3.29. The molecule has 2 rings (SSSR count). The maximum atomic E-state index is 12.2. The van der Waals surface area contributed by atoms with Gasteiger partial charge in [-0.25, -0.2) is 8.42 Å². The number of benzene rings is 1. The van der Waals surface area contributed by atoms with E-state index in [1.165, 1.54) is 0 Å². The summed E-state index contributed by atoms with van der Waals surface area (Å²) in [4.78, 5) is 10.8. The Hall–Kier alpha value is -1.40. The first kappa shape index (κ1) is 15.0. The summed E-state index contributed by atoms with van der Waals surface area (Å²) < 4.78 is 29.6. The molecule has 20 heavy (non-hydrogen) atoms. The van der Waals surface area contributed by atoms with Gasteiger partial charge in [-0.1, -0.05) is 12.1 Å². The van der Waals surface area contributed by atoms with Crippen molar-refractivity contribution in [2.45, 2.75) is 24.2 Å². The Balaban J connectivity index is 2.02. The molecule has 0 spiro atoms. The molecule has 0 aromatic heterocycles. The molecule has 1 aliphatic rings. The van der Waals surface area contributed by atoms with Gasteiger partial charge in [0.15, 0.2) is 9.84 Å². The fourth-order valence-corrected chi connectivity index (χ4v) is 3.86. The minimum absolute atomic E-state index is 0.0471. The smallest absolute Gasteiger partial charge is 0.303 e. The predicted molar refractivity (Wildman–Crippen MR) is 73.4 cm³/mol. The molecule has 0 radical (unpaired) electrons. The molecule has 0 saturated carbocycles. The summed E-state index contributed by atoms with van der Waals surface area (Å²) >= 11 is 0. The highest BCUT2D eigenvalue weighted by Crippen LogP contribution is 2.20. The van der Waals surface area contributed by atoms with E-state index in [1.807, 2.05) is 0 Å². The molecule has 1 fully saturated rings. The third-order valence-electron chi connectivity index (χ3n) is 3.39. The first-order chi connectivity index (χ1) is 9.47. The number of rotatable bonds is 6. The van der Waals surface area contributed by atoms with Gasteiger partial charge in [0.1, 0.15) is 0 Å². The summed E-state index contributed by atoms with van der Waals surface area (Å²) in [5.74, 6) is -0.670. The monoisotopic (exact) mass is 298 g/mol. The summed E-state index contributed by atoms with van der Waals surface area (Å²) in [5, 5.41) is 8.61. The van der Waals surface area contributed by atoms with E-state index in [1.54, 1.807) is 24.3 Å². The molecule has 1 aromatic carbocycles. The third kappa shape index (κ3) is 4.05. The van der Waals surface area contributed by atoms with Crippen molar-refractivity contribution in [2.75, 3.05) is 19.0 Å². The van der Waals surface area contributed by atoms with Crippen LogP contribution in [-0.4, -0.2) is 38.5 Å². The molecule has 1 aromatic rings. The Morgan fingerprint density at radius 2 is 2.00 bits per heavy atom. The first-order valence-electron chi connectivity index (χ1n) is 6.58. The fourth-order valence-electron chi connectivity index (χ4n) is 2.24. The molecule has 1 unspecified atom stereocenters. The molecular formula is C14H18O5S. The second-order valence-corrected chi connectivity index (χ2v) is 7.08. The van der Waals surface area contributed by atoms with Gasteiger partial charge in [0.2, 0.25) is 0 Å². The van der Waals surface area contributed by atoms with Crippen LogP contribution in [0.5, 0.6) is 0 Å². The number of aryl methyl sites for hydroxylation is 1. The Labute approximate surface area is 118 Å². The van der Waals surface area contributed by atoms with Crippen LogP contribution in [0.4, 0.5) is 0 Å². The van der Waals surface area contributed by atoms with E-state index in [9.17, 15) is 13.2 Å². The van der Waals surface area contributed by atoms with Gasteiger partial charge >= 0.3 is 5.97 Å². The van der Waals surface area contributed by atoms with Gasteiger partial charge in [-0.15, -0.1) is 0 Å². The van der Waals surface area contributed by atoms with Crippen molar-refractivity contribution in [3.05, 3.63) is 29.8 Å². The fraction of sp³-hybridized carbons (Fsp3) is 0.500. The number of hydrogen-bond acceptors (Lipinski definition) is 4. The zero-order valence-corrected chi connectivity index (χ0v) is 11.9. The number of sulfone groups is 1. The van der Waals surface area contributed by atoms with Gasteiger partial charge in [-0.05, 0) is 36.5 Å². The van der Waals surface area contributed by atoms with E-state index in [-0.39, 0.29) is 18.1 Å². The highest BCUT2D eigenvalue weighted by molar-refractivity contribution is 7.91. The summed E-state index contributed by atoms with van der Waals surface area (Å²) in [6, 6.07) is 6.48. The molecule has 1 N–H and O–H groups in total. The molecule has 0 aliphatic carbocycles. The van der Waals surface area contributed by atoms with Crippen LogP contribution in [0, 0.1) is 5.92 Å². The van der Waals surface area contributed by atoms with E-state index < -0.39 is 15.8 Å². The Morgan fingerprint density at radius 3 is 2.55 bits per heavy atom. The second-order valence-electron chi connectivity index (χ2n) is 5.05. The van der Waals surface area contributed by atoms with Crippen molar-refractivity contribution in [2.24, 2.45) is 5.92 Å². The lowest BCUT2D eigenvalue weighted by Gasteiger charge is -2.09. The van der Waals surface area contributed by atoms with Gasteiger partial charge in [0.25, 0.3) is 0 Å². The molecule has 1 aliphatic heterocycles. The largest absolute Gasteiger partial charge is 0.481 e. The average molecular weight is 298 g/mol. The van der Waals surface area contributed by atoms with Crippen LogP contribution in [0.1, 0.15) is 18.4 Å². The molecule has 0 amide bonds. The minimum Gasteiger partial charge on any atom is -0.481 e. The molecule has 1 saturated heterocycles. The van der Waals surface area contributed by atoms with E-state index in [4.69, 9.17) is 9.84 Å². The maximum absolute atomic E-state index is 12.2. The quantitative estimate of drug-likeness (QED) is 0.861. The zero-order valence-electron chi connectivity index (χ0n) is 11.1. The van der Waals surface area contributed by atoms with Gasteiger partial charge < -0.3 is 9.84 Å². The number of carbonyl (C=O) groups is 1. The van der Waals surface area contributed by atoms with Crippen molar-refractivity contribution in [3.8, 4) is 0 Å². The molecule has 1 heterocycles. The van der Waals surface area contributed by atoms with Crippen molar-refractivity contribution in [1.82, 2.24) is 0 Å². The molecule has 110 valence electrons. The van der Waals surface area contributed by atoms with E-state index in [0.29, 0.717) is 24.5 Å². The van der Waals surface area contributed by atoms with Crippen molar-refractivity contribution in [3.63, 3.8) is 0 Å². The Bertz CT molecular complexity index is 556. The van der Waals surface area contributed by atoms with Gasteiger partial charge in [-0.3, -0.25) is 4.79 Å². The van der Waals surface area contributed by atoms with E-state index >= 15 is 0 Å². The summed E-state index contributed by atoms with van der Waals surface area (Å²) in [6.07, 6.45) is 1.24. The zero-order chi connectivity index (χ0) is 14.6. The van der Waals surface area contributed by atoms with E-state index in [0.717, 1.165) is 12.0 Å². The second kappa shape index (κ2) is 6.37. The van der Waals surface area contributed by atoms with Crippen LogP contribution in [0.15, 0.2) is 29.2 Å². The SMILES string of the molecule is O=C(O)CCc1ccc(S(=O)(=O)CC2CCOC2)cc1. The standard InChI is InChI=1S/C14H18O5S/c15-14(16)6-3-11-1-4-13(5-2-11)20(17,18)10-12-7-8-19-9-12/h1-2,4-5,12H,3,6-10H2,(H,15,16). The normalized spacial score (nSPS) is 19.1. The molecule has 0 bridgehead atoms. The highest BCUT2D eigenvalue weighted by atomic mass is 32.2. The lowest BCUT2D eigenvalue weighted by atomic mass is 10.1. The van der Waals surface area contributed by atoms with Crippen LogP contribution < -0.4 is 0 Å². The highest BCUT2D eigenvalue weighted by Gasteiger charge is 2.24.